The Labute approximate surface area is 129 Å². The maximum Gasteiger partial charge on any atom is -0.0103 e. The number of hydrogen-bond acceptors (Lipinski definition) is 0. The molecule has 0 N–H and O–H groups in total. The molecule has 0 saturated carbocycles. The van der Waals surface area contributed by atoms with Gasteiger partial charge in [-0.3, -0.25) is 0 Å². The van der Waals surface area contributed by atoms with Gasteiger partial charge in [0.15, 0.2) is 0 Å². The highest BCUT2D eigenvalue weighted by molar-refractivity contribution is 5.37. The monoisotopic (exact) mass is 278 g/mol. The maximum atomic E-state index is 2.38. The van der Waals surface area contributed by atoms with Crippen LogP contribution in [0.25, 0.3) is 0 Å². The highest BCUT2D eigenvalue weighted by atomic mass is 14.3. The summed E-state index contributed by atoms with van der Waals surface area (Å²) in [4.78, 5) is 0. The summed E-state index contributed by atoms with van der Waals surface area (Å²) in [7, 11) is 0. The lowest BCUT2D eigenvalue weighted by molar-refractivity contribution is 0.495. The first-order valence-electron chi connectivity index (χ1n) is 8.47. The minimum Gasteiger partial charge on any atom is -0.0683 e. The van der Waals surface area contributed by atoms with Crippen molar-refractivity contribution in [2.45, 2.75) is 87.5 Å². The summed E-state index contributed by atoms with van der Waals surface area (Å²) in [6.07, 6.45) is 2.39. The molecule has 0 aliphatic rings. The predicted molar refractivity (Wildman–Crippen MR) is 95.7 cm³/mol. The van der Waals surface area contributed by atoms with Crippen molar-refractivity contribution in [1.29, 1.82) is 0 Å². The lowest BCUT2D eigenvalue weighted by atomic mass is 9.77. The number of aryl methyl sites for hydroxylation is 1. The second-order valence-corrected chi connectivity index (χ2v) is 6.00. The Bertz CT molecular complexity index is 345. The molecule has 0 bridgehead atoms. The van der Waals surface area contributed by atoms with E-state index in [-0.39, 0.29) is 0 Å². The van der Waals surface area contributed by atoms with E-state index in [1.165, 1.54) is 24.0 Å². The largest absolute Gasteiger partial charge is 0.0683 e. The summed E-state index contributed by atoms with van der Waals surface area (Å²) >= 11 is 0. The molecule has 20 heavy (non-hydrogen) atoms. The molecule has 118 valence electrons. The fraction of sp³-hybridized carbons (Fsp3) is 0.700. The van der Waals surface area contributed by atoms with Gasteiger partial charge in [0.1, 0.15) is 0 Å². The molecule has 0 heteroatoms. The topological polar surface area (TPSA) is 0 Å². The van der Waals surface area contributed by atoms with E-state index < -0.39 is 0 Å². The smallest absolute Gasteiger partial charge is 0.0103 e. The normalized spacial score (nSPS) is 10.3. The second kappa shape index (κ2) is 10.9. The summed E-state index contributed by atoms with van der Waals surface area (Å²) < 4.78 is 0. The SMILES string of the molecule is CC.CC.CCC(C)(C)c1cc(C)ccc1CC(C)C. The van der Waals surface area contributed by atoms with E-state index >= 15 is 0 Å². The highest BCUT2D eigenvalue weighted by Gasteiger charge is 2.21. The van der Waals surface area contributed by atoms with Gasteiger partial charge < -0.3 is 0 Å². The standard InChI is InChI=1S/C16H26.2C2H6/c1-7-16(5,6)15-11-13(4)8-9-14(15)10-12(2)3;2*1-2/h8-9,11-12H,7,10H2,1-6H3;2*1-2H3. The number of benzene rings is 1. The van der Waals surface area contributed by atoms with Crippen molar-refractivity contribution in [2.24, 2.45) is 5.92 Å². The Morgan fingerprint density at radius 2 is 1.50 bits per heavy atom. The van der Waals surface area contributed by atoms with Gasteiger partial charge in [-0.05, 0) is 42.2 Å². The van der Waals surface area contributed by atoms with Gasteiger partial charge in [0, 0.05) is 0 Å². The molecule has 0 amide bonds. The first kappa shape index (κ1) is 21.5. The summed E-state index contributed by atoms with van der Waals surface area (Å²) in [5, 5.41) is 0. The third-order valence-electron chi connectivity index (χ3n) is 3.51. The summed E-state index contributed by atoms with van der Waals surface area (Å²) in [6, 6.07) is 6.94. The molecule has 1 aromatic rings. The molecule has 0 aromatic heterocycles. The average Bonchev–Trinajstić information content (AvgIpc) is 2.44. The molecule has 0 heterocycles. The van der Waals surface area contributed by atoms with Crippen LogP contribution >= 0.6 is 0 Å². The van der Waals surface area contributed by atoms with Gasteiger partial charge >= 0.3 is 0 Å². The Balaban J connectivity index is 0. The zero-order chi connectivity index (χ0) is 16.3. The van der Waals surface area contributed by atoms with Gasteiger partial charge in [-0.2, -0.15) is 0 Å². The van der Waals surface area contributed by atoms with E-state index in [2.05, 4.69) is 59.7 Å². The van der Waals surface area contributed by atoms with Crippen molar-refractivity contribution in [3.63, 3.8) is 0 Å². The molecule has 0 aliphatic carbocycles. The van der Waals surface area contributed by atoms with Crippen molar-refractivity contribution < 1.29 is 0 Å². The van der Waals surface area contributed by atoms with Crippen LogP contribution in [0.15, 0.2) is 18.2 Å². The van der Waals surface area contributed by atoms with Crippen LogP contribution in [0.5, 0.6) is 0 Å². The third kappa shape index (κ3) is 7.12. The Morgan fingerprint density at radius 1 is 1.00 bits per heavy atom. The van der Waals surface area contributed by atoms with Crippen LogP contribution in [0.1, 0.15) is 85.4 Å². The Hall–Kier alpha value is -0.780. The second-order valence-electron chi connectivity index (χ2n) is 6.00. The van der Waals surface area contributed by atoms with Crippen molar-refractivity contribution >= 4 is 0 Å². The van der Waals surface area contributed by atoms with Gasteiger partial charge in [-0.1, -0.05) is 86.1 Å². The van der Waals surface area contributed by atoms with Crippen LogP contribution in [-0.2, 0) is 11.8 Å². The molecule has 0 fully saturated rings. The summed E-state index contributed by atoms with van der Waals surface area (Å²) in [5.74, 6) is 0.731. The lowest BCUT2D eigenvalue weighted by Gasteiger charge is -2.27. The van der Waals surface area contributed by atoms with E-state index in [1.54, 1.807) is 5.56 Å². The van der Waals surface area contributed by atoms with Gasteiger partial charge in [0.2, 0.25) is 0 Å². The molecule has 1 aromatic carbocycles. The van der Waals surface area contributed by atoms with E-state index in [9.17, 15) is 0 Å². The Kier molecular flexibility index (Phi) is 11.8. The van der Waals surface area contributed by atoms with Crippen molar-refractivity contribution in [3.8, 4) is 0 Å². The molecule has 1 rings (SSSR count). The number of hydrogen-bond donors (Lipinski definition) is 0. The van der Waals surface area contributed by atoms with Crippen LogP contribution in [0.3, 0.4) is 0 Å². The van der Waals surface area contributed by atoms with Crippen LogP contribution in [0.4, 0.5) is 0 Å². The summed E-state index contributed by atoms with van der Waals surface area (Å²) in [5.41, 5.74) is 4.76. The van der Waals surface area contributed by atoms with Crippen molar-refractivity contribution in [3.05, 3.63) is 34.9 Å². The summed E-state index contributed by atoms with van der Waals surface area (Å²) in [6.45, 7) is 21.8. The van der Waals surface area contributed by atoms with E-state index in [4.69, 9.17) is 0 Å². The Morgan fingerprint density at radius 3 is 1.90 bits per heavy atom. The fourth-order valence-electron chi connectivity index (χ4n) is 2.13. The molecule has 0 saturated heterocycles. The predicted octanol–water partition coefficient (Wildman–Crippen LogP) is 6.93. The molecule has 0 radical (unpaired) electrons. The molecule has 0 nitrogen and oxygen atoms in total. The van der Waals surface area contributed by atoms with Gasteiger partial charge in [-0.25, -0.2) is 0 Å². The molecular formula is C20H38. The average molecular weight is 279 g/mol. The van der Waals surface area contributed by atoms with E-state index in [0.717, 1.165) is 5.92 Å². The van der Waals surface area contributed by atoms with Crippen molar-refractivity contribution in [2.75, 3.05) is 0 Å². The van der Waals surface area contributed by atoms with Crippen LogP contribution in [0, 0.1) is 12.8 Å². The quantitative estimate of drug-likeness (QED) is 0.560. The molecule has 0 unspecified atom stereocenters. The highest BCUT2D eigenvalue weighted by Crippen LogP contribution is 2.31. The van der Waals surface area contributed by atoms with Crippen LogP contribution < -0.4 is 0 Å². The minimum absolute atomic E-state index is 0.302. The number of rotatable bonds is 4. The molecule has 0 spiro atoms. The minimum atomic E-state index is 0.302. The first-order chi connectivity index (χ1) is 9.36. The zero-order valence-corrected chi connectivity index (χ0v) is 15.7. The maximum absolute atomic E-state index is 2.38. The van der Waals surface area contributed by atoms with E-state index in [1.807, 2.05) is 27.7 Å². The first-order valence-corrected chi connectivity index (χ1v) is 8.47. The lowest BCUT2D eigenvalue weighted by Crippen LogP contribution is -2.19. The molecule has 0 aliphatic heterocycles. The van der Waals surface area contributed by atoms with Crippen LogP contribution in [0.2, 0.25) is 0 Å². The van der Waals surface area contributed by atoms with Gasteiger partial charge in [-0.15, -0.1) is 0 Å². The van der Waals surface area contributed by atoms with Gasteiger partial charge in [0.25, 0.3) is 0 Å². The van der Waals surface area contributed by atoms with E-state index in [0.29, 0.717) is 5.41 Å². The van der Waals surface area contributed by atoms with Gasteiger partial charge in [0.05, 0.1) is 0 Å². The van der Waals surface area contributed by atoms with Crippen LogP contribution in [-0.4, -0.2) is 0 Å². The third-order valence-corrected chi connectivity index (χ3v) is 3.51. The fourth-order valence-corrected chi connectivity index (χ4v) is 2.13. The molecule has 0 atom stereocenters. The zero-order valence-electron chi connectivity index (χ0n) is 15.7. The molecular weight excluding hydrogens is 240 g/mol. The van der Waals surface area contributed by atoms with Crippen molar-refractivity contribution in [1.82, 2.24) is 0 Å².